The Kier molecular flexibility index (Phi) is 6.73. The molecule has 2 fully saturated rings. The average Bonchev–Trinajstić information content (AvgIpc) is 2.60. The number of carbonyl (C=O) groups excluding carboxylic acids is 1. The number of carbonyl (C=O) groups is 1. The topological polar surface area (TPSA) is 68.2 Å². The van der Waals surface area contributed by atoms with Gasteiger partial charge in [-0.3, -0.25) is 4.79 Å². The molecule has 1 amide bonds. The van der Waals surface area contributed by atoms with E-state index < -0.39 is 6.29 Å². The Morgan fingerprint density at radius 2 is 2.12 bits per heavy atom. The number of rotatable bonds is 7. The van der Waals surface area contributed by atoms with E-state index in [0.29, 0.717) is 50.5 Å². The van der Waals surface area contributed by atoms with Crippen molar-refractivity contribution in [2.75, 3.05) is 39.5 Å². The summed E-state index contributed by atoms with van der Waals surface area (Å²) in [6, 6.07) is 0. The number of morpholine rings is 1. The highest BCUT2D eigenvalue weighted by molar-refractivity contribution is 5.91. The maximum Gasteiger partial charge on any atom is 0.288 e. The third-order valence-electron chi connectivity index (χ3n) is 5.66. The second kappa shape index (κ2) is 9.01. The lowest BCUT2D eigenvalue weighted by atomic mass is 9.68. The Hall–Kier alpha value is -1.11. The molecule has 1 aliphatic carbocycles. The van der Waals surface area contributed by atoms with Gasteiger partial charge in [0.2, 0.25) is 6.29 Å². The lowest BCUT2D eigenvalue weighted by molar-refractivity contribution is -0.182. The fourth-order valence-electron chi connectivity index (χ4n) is 4.06. The summed E-state index contributed by atoms with van der Waals surface area (Å²) in [7, 11) is 0. The first-order valence-corrected chi connectivity index (χ1v) is 9.72. The van der Waals surface area contributed by atoms with Crippen LogP contribution in [-0.4, -0.2) is 61.7 Å². The zero-order valence-electron chi connectivity index (χ0n) is 15.2. The minimum Gasteiger partial charge on any atom is -0.459 e. The van der Waals surface area contributed by atoms with Crippen LogP contribution in [0.15, 0.2) is 11.8 Å². The summed E-state index contributed by atoms with van der Waals surface area (Å²) < 4.78 is 17.2. The van der Waals surface area contributed by atoms with Crippen molar-refractivity contribution >= 4 is 5.91 Å². The Labute approximate surface area is 150 Å². The summed E-state index contributed by atoms with van der Waals surface area (Å²) in [6.07, 6.45) is 6.92. The molecule has 1 saturated carbocycles. The molecule has 1 N–H and O–H groups in total. The van der Waals surface area contributed by atoms with Crippen LogP contribution in [0.5, 0.6) is 0 Å². The molecule has 25 heavy (non-hydrogen) atoms. The van der Waals surface area contributed by atoms with Crippen molar-refractivity contribution in [3.63, 3.8) is 0 Å². The zero-order chi connectivity index (χ0) is 17.6. The molecule has 0 aromatic rings. The van der Waals surface area contributed by atoms with Gasteiger partial charge >= 0.3 is 0 Å². The lowest BCUT2D eigenvalue weighted by Gasteiger charge is -2.43. The van der Waals surface area contributed by atoms with Crippen LogP contribution in [0.3, 0.4) is 0 Å². The summed E-state index contributed by atoms with van der Waals surface area (Å²) >= 11 is 0. The van der Waals surface area contributed by atoms with Crippen molar-refractivity contribution in [1.29, 1.82) is 0 Å². The van der Waals surface area contributed by atoms with Gasteiger partial charge in [0.25, 0.3) is 5.91 Å². The number of allylic oxidation sites excluding steroid dienone is 1. The first kappa shape index (κ1) is 18.7. The maximum absolute atomic E-state index is 12.9. The summed E-state index contributed by atoms with van der Waals surface area (Å²) in [5.74, 6) is 1.50. The maximum atomic E-state index is 12.9. The Balaban J connectivity index is 1.79. The predicted octanol–water partition coefficient (Wildman–Crippen LogP) is 1.93. The van der Waals surface area contributed by atoms with Crippen LogP contribution in [0, 0.1) is 17.8 Å². The number of aliphatic hydroxyl groups is 1. The standard InChI is InChI=1S/C19H31NO5/c1-2-24-19-15(7-4-10-21)16(14-5-3-6-14)13-17(25-19)18(22)20-8-11-23-12-9-20/h13-16,19,21H,2-12H2,1H3/t15-,16-,19-/m0/s1. The van der Waals surface area contributed by atoms with E-state index in [1.807, 2.05) is 11.8 Å². The van der Waals surface area contributed by atoms with Crippen LogP contribution in [0.25, 0.3) is 0 Å². The van der Waals surface area contributed by atoms with Gasteiger partial charge in [0.1, 0.15) is 0 Å². The fourth-order valence-corrected chi connectivity index (χ4v) is 4.06. The Bertz CT molecular complexity index is 470. The highest BCUT2D eigenvalue weighted by atomic mass is 16.7. The van der Waals surface area contributed by atoms with Crippen molar-refractivity contribution < 1.29 is 24.1 Å². The minimum atomic E-state index is -0.396. The first-order chi connectivity index (χ1) is 12.2. The monoisotopic (exact) mass is 353 g/mol. The van der Waals surface area contributed by atoms with E-state index >= 15 is 0 Å². The van der Waals surface area contributed by atoms with Crippen LogP contribution >= 0.6 is 0 Å². The number of hydrogen-bond acceptors (Lipinski definition) is 5. The molecule has 6 heteroatoms. The first-order valence-electron chi connectivity index (χ1n) is 9.72. The number of aliphatic hydroxyl groups excluding tert-OH is 1. The summed E-state index contributed by atoms with van der Waals surface area (Å²) in [4.78, 5) is 14.7. The second-order valence-corrected chi connectivity index (χ2v) is 7.18. The molecule has 1 saturated heterocycles. The van der Waals surface area contributed by atoms with E-state index in [1.54, 1.807) is 0 Å². The smallest absolute Gasteiger partial charge is 0.288 e. The molecule has 0 aromatic carbocycles. The highest BCUT2D eigenvalue weighted by Crippen LogP contribution is 2.44. The normalized spacial score (nSPS) is 30.4. The van der Waals surface area contributed by atoms with Gasteiger partial charge in [0, 0.05) is 32.2 Å². The number of ether oxygens (including phenoxy) is 3. The highest BCUT2D eigenvalue weighted by Gasteiger charge is 2.42. The summed E-state index contributed by atoms with van der Waals surface area (Å²) in [5.41, 5.74) is 0. The zero-order valence-corrected chi connectivity index (χ0v) is 15.2. The van der Waals surface area contributed by atoms with Crippen molar-refractivity contribution in [2.45, 2.75) is 45.3 Å². The van der Waals surface area contributed by atoms with E-state index in [-0.39, 0.29) is 18.4 Å². The van der Waals surface area contributed by atoms with Crippen molar-refractivity contribution in [1.82, 2.24) is 4.90 Å². The van der Waals surface area contributed by atoms with Crippen LogP contribution in [-0.2, 0) is 19.0 Å². The molecule has 3 aliphatic rings. The van der Waals surface area contributed by atoms with Gasteiger partial charge in [-0.25, -0.2) is 0 Å². The predicted molar refractivity (Wildman–Crippen MR) is 92.6 cm³/mol. The molecule has 2 heterocycles. The third-order valence-corrected chi connectivity index (χ3v) is 5.66. The van der Waals surface area contributed by atoms with Gasteiger partial charge in [0.05, 0.1) is 13.2 Å². The minimum absolute atomic E-state index is 0.0436. The third kappa shape index (κ3) is 4.36. The quantitative estimate of drug-likeness (QED) is 0.757. The molecule has 0 aromatic heterocycles. The molecule has 0 unspecified atom stereocenters. The van der Waals surface area contributed by atoms with Crippen molar-refractivity contribution in [3.8, 4) is 0 Å². The van der Waals surface area contributed by atoms with E-state index in [1.165, 1.54) is 19.3 Å². The van der Waals surface area contributed by atoms with Crippen LogP contribution < -0.4 is 0 Å². The summed E-state index contributed by atoms with van der Waals surface area (Å²) in [6.45, 7) is 5.07. The summed E-state index contributed by atoms with van der Waals surface area (Å²) in [5, 5.41) is 9.25. The van der Waals surface area contributed by atoms with E-state index in [9.17, 15) is 9.90 Å². The number of hydrogen-bond donors (Lipinski definition) is 1. The molecule has 6 nitrogen and oxygen atoms in total. The van der Waals surface area contributed by atoms with Crippen molar-refractivity contribution in [3.05, 3.63) is 11.8 Å². The fraction of sp³-hybridized carbons (Fsp3) is 0.842. The van der Waals surface area contributed by atoms with Gasteiger partial charge in [-0.05, 0) is 50.5 Å². The average molecular weight is 353 g/mol. The molecular weight excluding hydrogens is 322 g/mol. The SMILES string of the molecule is CCO[C@H]1OC(C(=O)N2CCOCC2)=C[C@@H](C2CCC2)[C@@H]1CCCO. The molecule has 3 rings (SSSR count). The van der Waals surface area contributed by atoms with Gasteiger partial charge in [-0.1, -0.05) is 6.42 Å². The van der Waals surface area contributed by atoms with Gasteiger partial charge in [-0.2, -0.15) is 0 Å². The Morgan fingerprint density at radius 3 is 2.72 bits per heavy atom. The molecule has 0 bridgehead atoms. The molecule has 2 aliphatic heterocycles. The lowest BCUT2D eigenvalue weighted by Crippen LogP contribution is -2.46. The van der Waals surface area contributed by atoms with Crippen molar-refractivity contribution in [2.24, 2.45) is 17.8 Å². The second-order valence-electron chi connectivity index (χ2n) is 7.18. The molecule has 3 atom stereocenters. The number of nitrogens with zero attached hydrogens (tertiary/aromatic N) is 1. The van der Waals surface area contributed by atoms with Gasteiger partial charge in [0.15, 0.2) is 5.76 Å². The molecule has 0 spiro atoms. The molecular formula is C19H31NO5. The number of amides is 1. The molecule has 0 radical (unpaired) electrons. The van der Waals surface area contributed by atoms with Gasteiger partial charge in [-0.15, -0.1) is 0 Å². The molecule has 142 valence electrons. The van der Waals surface area contributed by atoms with Crippen LogP contribution in [0.1, 0.15) is 39.0 Å². The van der Waals surface area contributed by atoms with Crippen LogP contribution in [0.2, 0.25) is 0 Å². The van der Waals surface area contributed by atoms with E-state index in [4.69, 9.17) is 14.2 Å². The Morgan fingerprint density at radius 1 is 1.36 bits per heavy atom. The van der Waals surface area contributed by atoms with Crippen LogP contribution in [0.4, 0.5) is 0 Å². The van der Waals surface area contributed by atoms with E-state index in [0.717, 1.165) is 12.8 Å². The van der Waals surface area contributed by atoms with E-state index in [2.05, 4.69) is 6.08 Å². The van der Waals surface area contributed by atoms with Gasteiger partial charge < -0.3 is 24.2 Å². The largest absolute Gasteiger partial charge is 0.459 e.